The molecule has 2 aromatic rings. The van der Waals surface area contributed by atoms with Crippen molar-refractivity contribution in [3.63, 3.8) is 0 Å². The Morgan fingerprint density at radius 1 is 1.14 bits per heavy atom. The molecule has 2 nitrogen and oxygen atoms in total. The van der Waals surface area contributed by atoms with Crippen molar-refractivity contribution in [2.45, 2.75) is 42.6 Å². The molecule has 1 aromatic carbocycles. The molecule has 0 spiro atoms. The molecule has 2 atom stereocenters. The number of fused-ring (bicyclic) bond motifs is 3. The van der Waals surface area contributed by atoms with Crippen molar-refractivity contribution in [1.82, 2.24) is 4.98 Å². The maximum Gasteiger partial charge on any atom is 0.166 e. The summed E-state index contributed by atoms with van der Waals surface area (Å²) in [6.07, 6.45) is 7.89. The number of rotatable bonds is 2. The summed E-state index contributed by atoms with van der Waals surface area (Å²) in [6, 6.07) is 9.90. The van der Waals surface area contributed by atoms with Gasteiger partial charge >= 0.3 is 0 Å². The second kappa shape index (κ2) is 5.45. The van der Waals surface area contributed by atoms with Gasteiger partial charge in [-0.3, -0.25) is 9.78 Å². The third-order valence-electron chi connectivity index (χ3n) is 4.79. The topological polar surface area (TPSA) is 30.0 Å². The van der Waals surface area contributed by atoms with Crippen molar-refractivity contribution >= 4 is 28.4 Å². The minimum absolute atomic E-state index is 0.232. The Labute approximate surface area is 129 Å². The summed E-state index contributed by atoms with van der Waals surface area (Å²) in [7, 11) is 0. The third-order valence-corrected chi connectivity index (χ3v) is 6.42. The Morgan fingerprint density at radius 3 is 2.76 bits per heavy atom. The summed E-state index contributed by atoms with van der Waals surface area (Å²) in [6.45, 7) is 0. The van der Waals surface area contributed by atoms with Gasteiger partial charge in [0, 0.05) is 33.6 Å². The highest BCUT2D eigenvalue weighted by molar-refractivity contribution is 8.00. The van der Waals surface area contributed by atoms with Crippen molar-refractivity contribution in [2.75, 3.05) is 0 Å². The molecule has 2 unspecified atom stereocenters. The van der Waals surface area contributed by atoms with Crippen molar-refractivity contribution in [2.24, 2.45) is 5.92 Å². The maximum atomic E-state index is 12.8. The van der Waals surface area contributed by atoms with Gasteiger partial charge in [-0.25, -0.2) is 0 Å². The van der Waals surface area contributed by atoms with E-state index in [1.165, 1.54) is 19.3 Å². The molecule has 0 amide bonds. The van der Waals surface area contributed by atoms with E-state index in [1.807, 2.05) is 30.3 Å². The second-order valence-electron chi connectivity index (χ2n) is 6.25. The average Bonchev–Trinajstić information content (AvgIpc) is 2.53. The molecule has 2 aliphatic rings. The van der Waals surface area contributed by atoms with Crippen LogP contribution in [-0.2, 0) is 0 Å². The van der Waals surface area contributed by atoms with Crippen LogP contribution in [0.25, 0.3) is 10.9 Å². The average molecular weight is 297 g/mol. The minimum atomic E-state index is 0.232. The van der Waals surface area contributed by atoms with E-state index in [9.17, 15) is 4.79 Å². The lowest BCUT2D eigenvalue weighted by Crippen LogP contribution is -2.32. The maximum absolute atomic E-state index is 12.8. The molecule has 0 saturated carbocycles. The molecule has 2 saturated heterocycles. The summed E-state index contributed by atoms with van der Waals surface area (Å²) in [5.41, 5.74) is 1.83. The molecule has 4 rings (SSSR count). The van der Waals surface area contributed by atoms with Gasteiger partial charge in [0.1, 0.15) is 0 Å². The zero-order valence-corrected chi connectivity index (χ0v) is 12.8. The van der Waals surface area contributed by atoms with Crippen LogP contribution in [0.4, 0.5) is 0 Å². The van der Waals surface area contributed by atoms with Gasteiger partial charge in [0.15, 0.2) is 5.78 Å². The quantitative estimate of drug-likeness (QED) is 0.765. The Balaban J connectivity index is 1.60. The second-order valence-corrected chi connectivity index (χ2v) is 7.86. The van der Waals surface area contributed by atoms with Gasteiger partial charge in [-0.2, -0.15) is 11.8 Å². The van der Waals surface area contributed by atoms with Gasteiger partial charge in [-0.1, -0.05) is 12.5 Å². The van der Waals surface area contributed by atoms with Crippen LogP contribution in [0.15, 0.2) is 36.5 Å². The predicted octanol–water partition coefficient (Wildman–Crippen LogP) is 4.48. The summed E-state index contributed by atoms with van der Waals surface area (Å²) in [4.78, 5) is 17.2. The standard InChI is InChI=1S/C18H19NOS/c20-18(14-10-15-4-1-5-16(11-14)21-15)13-6-7-17-12(9-13)3-2-8-19-17/h2-3,6-9,14-16H,1,4-5,10-11H2. The minimum Gasteiger partial charge on any atom is -0.294 e. The number of carbonyl (C=O) groups excluding carboxylic acids is 1. The molecule has 1 aromatic heterocycles. The van der Waals surface area contributed by atoms with Crippen LogP contribution in [0.3, 0.4) is 0 Å². The van der Waals surface area contributed by atoms with Crippen LogP contribution in [0, 0.1) is 5.92 Å². The molecular formula is C18H19NOS. The van der Waals surface area contributed by atoms with Gasteiger partial charge in [0.05, 0.1) is 5.52 Å². The van der Waals surface area contributed by atoms with E-state index in [0.717, 1.165) is 29.3 Å². The number of carbonyl (C=O) groups is 1. The molecule has 3 heterocycles. The first-order chi connectivity index (χ1) is 10.3. The van der Waals surface area contributed by atoms with Gasteiger partial charge in [-0.15, -0.1) is 0 Å². The summed E-state index contributed by atoms with van der Waals surface area (Å²) >= 11 is 2.13. The van der Waals surface area contributed by atoms with Crippen molar-refractivity contribution in [3.8, 4) is 0 Å². The van der Waals surface area contributed by atoms with E-state index in [0.29, 0.717) is 16.3 Å². The lowest BCUT2D eigenvalue weighted by molar-refractivity contribution is 0.0897. The molecule has 21 heavy (non-hydrogen) atoms. The number of thioether (sulfide) groups is 1. The van der Waals surface area contributed by atoms with Gasteiger partial charge < -0.3 is 0 Å². The number of Topliss-reactive ketones (excluding diaryl/α,β-unsaturated/α-hetero) is 1. The zero-order valence-electron chi connectivity index (χ0n) is 12.0. The molecule has 0 N–H and O–H groups in total. The summed E-state index contributed by atoms with van der Waals surface area (Å²) in [5, 5.41) is 2.50. The fourth-order valence-electron chi connectivity index (χ4n) is 3.74. The van der Waals surface area contributed by atoms with Crippen LogP contribution >= 0.6 is 11.8 Å². The Kier molecular flexibility index (Phi) is 3.46. The number of nitrogens with zero attached hydrogens (tertiary/aromatic N) is 1. The molecule has 2 aliphatic heterocycles. The number of ketones is 1. The van der Waals surface area contributed by atoms with E-state index in [-0.39, 0.29) is 5.92 Å². The number of hydrogen-bond acceptors (Lipinski definition) is 3. The predicted molar refractivity (Wildman–Crippen MR) is 87.8 cm³/mol. The normalized spacial score (nSPS) is 28.5. The van der Waals surface area contributed by atoms with Crippen LogP contribution in [0.2, 0.25) is 0 Å². The zero-order chi connectivity index (χ0) is 14.2. The summed E-state index contributed by atoms with van der Waals surface area (Å²) < 4.78 is 0. The SMILES string of the molecule is O=C(c1ccc2ncccc2c1)C1CC2CCCC(C1)S2. The molecule has 0 radical (unpaired) electrons. The van der Waals surface area contributed by atoms with Crippen LogP contribution in [-0.4, -0.2) is 21.3 Å². The molecule has 3 heteroatoms. The fourth-order valence-corrected chi connectivity index (χ4v) is 5.57. The number of hydrogen-bond donors (Lipinski definition) is 0. The van der Waals surface area contributed by atoms with E-state index in [2.05, 4.69) is 16.7 Å². The molecule has 2 bridgehead atoms. The Morgan fingerprint density at radius 2 is 1.95 bits per heavy atom. The Bertz CT molecular complexity index is 672. The van der Waals surface area contributed by atoms with Crippen LogP contribution in [0.1, 0.15) is 42.5 Å². The monoisotopic (exact) mass is 297 g/mol. The van der Waals surface area contributed by atoms with E-state index >= 15 is 0 Å². The number of benzene rings is 1. The van der Waals surface area contributed by atoms with Crippen molar-refractivity contribution < 1.29 is 4.79 Å². The van der Waals surface area contributed by atoms with Gasteiger partial charge in [-0.05, 0) is 49.9 Å². The van der Waals surface area contributed by atoms with Crippen molar-refractivity contribution in [1.29, 1.82) is 0 Å². The first kappa shape index (κ1) is 13.3. The lowest BCUT2D eigenvalue weighted by atomic mass is 9.84. The number of aromatic nitrogens is 1. The van der Waals surface area contributed by atoms with E-state index in [1.54, 1.807) is 6.20 Å². The van der Waals surface area contributed by atoms with Crippen LogP contribution < -0.4 is 0 Å². The van der Waals surface area contributed by atoms with E-state index < -0.39 is 0 Å². The molecule has 0 aliphatic carbocycles. The molecule has 108 valence electrons. The van der Waals surface area contributed by atoms with Gasteiger partial charge in [0.25, 0.3) is 0 Å². The largest absolute Gasteiger partial charge is 0.294 e. The lowest BCUT2D eigenvalue weighted by Gasteiger charge is -2.37. The fraction of sp³-hybridized carbons (Fsp3) is 0.444. The highest BCUT2D eigenvalue weighted by Crippen LogP contribution is 2.44. The number of pyridine rings is 1. The van der Waals surface area contributed by atoms with Crippen LogP contribution in [0.5, 0.6) is 0 Å². The summed E-state index contributed by atoms with van der Waals surface area (Å²) in [5.74, 6) is 0.577. The first-order valence-corrected chi connectivity index (χ1v) is 8.78. The van der Waals surface area contributed by atoms with Crippen molar-refractivity contribution in [3.05, 3.63) is 42.1 Å². The van der Waals surface area contributed by atoms with Gasteiger partial charge in [0.2, 0.25) is 0 Å². The Hall–Kier alpha value is -1.35. The highest BCUT2D eigenvalue weighted by Gasteiger charge is 2.35. The first-order valence-electron chi connectivity index (χ1n) is 7.84. The smallest absolute Gasteiger partial charge is 0.166 e. The van der Waals surface area contributed by atoms with E-state index in [4.69, 9.17) is 0 Å². The highest BCUT2D eigenvalue weighted by atomic mass is 32.2. The molecule has 2 fully saturated rings. The third kappa shape index (κ3) is 2.59. The molecular weight excluding hydrogens is 278 g/mol.